The molecule has 37 heavy (non-hydrogen) atoms. The summed E-state index contributed by atoms with van der Waals surface area (Å²) < 4.78 is 5.32. The van der Waals surface area contributed by atoms with Gasteiger partial charge in [-0.15, -0.1) is 0 Å². The first kappa shape index (κ1) is 24.3. The maximum absolute atomic E-state index is 12.4. The van der Waals surface area contributed by atoms with Crippen LogP contribution in [0.2, 0.25) is 0 Å². The summed E-state index contributed by atoms with van der Waals surface area (Å²) in [5.41, 5.74) is 3.65. The first-order valence-electron chi connectivity index (χ1n) is 12.1. The minimum Gasteiger partial charge on any atom is -0.379 e. The lowest BCUT2D eigenvalue weighted by molar-refractivity contribution is -0.118. The van der Waals surface area contributed by atoms with Gasteiger partial charge in [0.05, 0.1) is 31.0 Å². The Labute approximate surface area is 214 Å². The van der Waals surface area contributed by atoms with Crippen LogP contribution >= 0.6 is 0 Å². The molecule has 1 amide bonds. The van der Waals surface area contributed by atoms with Crippen LogP contribution in [0.25, 0.3) is 11.3 Å². The van der Waals surface area contributed by atoms with Crippen LogP contribution < -0.4 is 15.5 Å². The number of rotatable bonds is 7. The molecule has 5 heterocycles. The fourth-order valence-corrected chi connectivity index (χ4v) is 4.26. The van der Waals surface area contributed by atoms with Gasteiger partial charge in [-0.1, -0.05) is 12.2 Å². The van der Waals surface area contributed by atoms with Crippen LogP contribution in [0.1, 0.15) is 12.0 Å². The summed E-state index contributed by atoms with van der Waals surface area (Å²) in [4.78, 5) is 34.2. The Hall–Kier alpha value is -4.40. The molecule has 0 saturated carbocycles. The van der Waals surface area contributed by atoms with Crippen molar-refractivity contribution in [2.75, 3.05) is 61.5 Å². The number of aromatic nitrogens is 4. The number of nitriles is 1. The van der Waals surface area contributed by atoms with E-state index in [2.05, 4.69) is 48.1 Å². The van der Waals surface area contributed by atoms with Crippen LogP contribution in [0.5, 0.6) is 0 Å². The van der Waals surface area contributed by atoms with Crippen molar-refractivity contribution in [1.29, 1.82) is 5.26 Å². The van der Waals surface area contributed by atoms with Gasteiger partial charge in [0.25, 0.3) is 0 Å². The average molecular weight is 498 g/mol. The number of ether oxygens (including phenoxy) is 1. The smallest absolute Gasteiger partial charge is 0.239 e. The number of anilines is 4. The van der Waals surface area contributed by atoms with Crippen LogP contribution in [0, 0.1) is 11.3 Å². The van der Waals surface area contributed by atoms with Gasteiger partial charge in [0.2, 0.25) is 11.9 Å². The summed E-state index contributed by atoms with van der Waals surface area (Å²) in [7, 11) is 0. The van der Waals surface area contributed by atoms with Gasteiger partial charge in [0, 0.05) is 62.1 Å². The van der Waals surface area contributed by atoms with Gasteiger partial charge in [0.1, 0.15) is 17.7 Å². The predicted octanol–water partition coefficient (Wildman–Crippen LogP) is 2.59. The highest BCUT2D eigenvalue weighted by Crippen LogP contribution is 2.28. The van der Waals surface area contributed by atoms with Gasteiger partial charge in [-0.3, -0.25) is 9.69 Å². The largest absolute Gasteiger partial charge is 0.379 e. The zero-order valence-corrected chi connectivity index (χ0v) is 20.4. The van der Waals surface area contributed by atoms with Crippen molar-refractivity contribution >= 4 is 29.2 Å². The minimum atomic E-state index is -0.132. The molecule has 2 fully saturated rings. The fraction of sp³-hybridized carbons (Fsp3) is 0.308. The number of morpholine rings is 1. The van der Waals surface area contributed by atoms with E-state index in [9.17, 15) is 10.1 Å². The maximum atomic E-state index is 12.4. The fourth-order valence-electron chi connectivity index (χ4n) is 4.26. The Kier molecular flexibility index (Phi) is 7.30. The van der Waals surface area contributed by atoms with Crippen LogP contribution in [-0.2, 0) is 9.53 Å². The third-order valence-corrected chi connectivity index (χ3v) is 6.14. The zero-order valence-electron chi connectivity index (χ0n) is 20.4. The van der Waals surface area contributed by atoms with Crippen molar-refractivity contribution in [3.05, 3.63) is 60.6 Å². The van der Waals surface area contributed by atoms with Crippen molar-refractivity contribution < 1.29 is 9.53 Å². The highest BCUT2D eigenvalue weighted by atomic mass is 16.5. The Bertz CT molecular complexity index is 1350. The Morgan fingerprint density at radius 1 is 1.14 bits per heavy atom. The van der Waals surface area contributed by atoms with Crippen molar-refractivity contribution in [2.24, 2.45) is 0 Å². The number of nitrogens with zero attached hydrogens (tertiary/aromatic N) is 7. The summed E-state index contributed by atoms with van der Waals surface area (Å²) in [6.45, 7) is 8.58. The molecule has 0 bridgehead atoms. The van der Waals surface area contributed by atoms with Crippen LogP contribution in [-0.4, -0.2) is 76.7 Å². The van der Waals surface area contributed by atoms with Gasteiger partial charge in [-0.25, -0.2) is 19.9 Å². The second-order valence-electron chi connectivity index (χ2n) is 8.89. The highest BCUT2D eigenvalue weighted by molar-refractivity contribution is 5.91. The second kappa shape index (κ2) is 11.1. The van der Waals surface area contributed by atoms with Crippen LogP contribution in [0.15, 0.2) is 55.0 Å². The molecule has 0 aliphatic carbocycles. The van der Waals surface area contributed by atoms with Gasteiger partial charge < -0.3 is 20.3 Å². The van der Waals surface area contributed by atoms with Crippen LogP contribution in [0.3, 0.4) is 0 Å². The van der Waals surface area contributed by atoms with E-state index in [1.54, 1.807) is 42.9 Å². The molecule has 3 aromatic heterocycles. The number of carbonyl (C=O) groups is 1. The van der Waals surface area contributed by atoms with Crippen molar-refractivity contribution in [2.45, 2.75) is 6.42 Å². The summed E-state index contributed by atoms with van der Waals surface area (Å²) >= 11 is 0. The molecule has 2 aliphatic rings. The predicted molar refractivity (Wildman–Crippen MR) is 139 cm³/mol. The van der Waals surface area contributed by atoms with Gasteiger partial charge in [0.15, 0.2) is 0 Å². The number of hydrogen-bond donors (Lipinski definition) is 2. The lowest BCUT2D eigenvalue weighted by atomic mass is 10.1. The monoisotopic (exact) mass is 497 g/mol. The molecule has 0 aromatic carbocycles. The molecule has 0 radical (unpaired) electrons. The number of amides is 1. The number of pyridine rings is 2. The van der Waals surface area contributed by atoms with E-state index in [4.69, 9.17) is 4.74 Å². The Balaban J connectivity index is 1.27. The highest BCUT2D eigenvalue weighted by Gasteiger charge is 2.20. The minimum absolute atomic E-state index is 0.132. The molecule has 11 nitrogen and oxygen atoms in total. The molecule has 0 atom stereocenters. The molecule has 2 aliphatic heterocycles. The molecule has 2 N–H and O–H groups in total. The van der Waals surface area contributed by atoms with Gasteiger partial charge in [-0.2, -0.15) is 5.26 Å². The molecule has 2 saturated heterocycles. The second-order valence-corrected chi connectivity index (χ2v) is 8.89. The molecule has 0 spiro atoms. The van der Waals surface area contributed by atoms with Gasteiger partial charge >= 0.3 is 0 Å². The summed E-state index contributed by atoms with van der Waals surface area (Å²) in [5, 5.41) is 15.7. The standard InChI is InChI=1S/C26H27N9O2/c1-18-4-7-35(16-18)25-19(14-27)12-20(15-30-25)22-3-6-29-26(32-22)31-21-2-5-28-23(13-21)33-24(36)17-34-8-10-37-11-9-34/h2-3,5-6,12-13,15H,1,4,7-11,16-17H2,(H2,28,29,31,32,33,36). The molecular formula is C26H27N9O2. The third kappa shape index (κ3) is 6.06. The number of carbonyl (C=O) groups excluding carboxylic acids is 1. The normalized spacial score (nSPS) is 15.9. The Morgan fingerprint density at radius 2 is 1.97 bits per heavy atom. The topological polar surface area (TPSA) is 132 Å². The van der Waals surface area contributed by atoms with E-state index in [-0.39, 0.29) is 12.5 Å². The number of hydrogen-bond acceptors (Lipinski definition) is 10. The van der Waals surface area contributed by atoms with E-state index in [0.29, 0.717) is 54.3 Å². The summed E-state index contributed by atoms with van der Waals surface area (Å²) in [6.07, 6.45) is 5.87. The van der Waals surface area contributed by atoms with E-state index in [1.165, 1.54) is 0 Å². The third-order valence-electron chi connectivity index (χ3n) is 6.14. The molecule has 0 unspecified atom stereocenters. The van der Waals surface area contributed by atoms with Crippen molar-refractivity contribution in [3.8, 4) is 17.3 Å². The molecule has 188 valence electrons. The van der Waals surface area contributed by atoms with E-state index in [0.717, 1.165) is 37.2 Å². The molecule has 5 rings (SSSR count). The molecule has 11 heteroatoms. The quantitative estimate of drug-likeness (QED) is 0.469. The first-order valence-corrected chi connectivity index (χ1v) is 12.1. The number of nitrogens with one attached hydrogen (secondary N) is 2. The molecular weight excluding hydrogens is 470 g/mol. The summed E-state index contributed by atoms with van der Waals surface area (Å²) in [5.74, 6) is 1.33. The lowest BCUT2D eigenvalue weighted by Crippen LogP contribution is -2.41. The Morgan fingerprint density at radius 3 is 2.76 bits per heavy atom. The zero-order chi connectivity index (χ0) is 25.6. The van der Waals surface area contributed by atoms with E-state index in [1.807, 2.05) is 4.90 Å². The summed E-state index contributed by atoms with van der Waals surface area (Å²) in [6, 6.07) is 9.31. The van der Waals surface area contributed by atoms with Crippen LogP contribution in [0.4, 0.5) is 23.3 Å². The SMILES string of the molecule is C=C1CCN(c2ncc(-c3ccnc(Nc4ccnc(NC(=O)CN5CCOCC5)c4)n3)cc2C#N)C1. The molecule has 3 aromatic rings. The van der Waals surface area contributed by atoms with E-state index < -0.39 is 0 Å². The lowest BCUT2D eigenvalue weighted by Gasteiger charge is -2.25. The van der Waals surface area contributed by atoms with E-state index >= 15 is 0 Å². The van der Waals surface area contributed by atoms with Gasteiger partial charge in [-0.05, 0) is 24.6 Å². The average Bonchev–Trinajstić information content (AvgIpc) is 3.35. The first-order chi connectivity index (χ1) is 18.1. The van der Waals surface area contributed by atoms with Crippen molar-refractivity contribution in [3.63, 3.8) is 0 Å². The van der Waals surface area contributed by atoms with Crippen molar-refractivity contribution in [1.82, 2.24) is 24.8 Å². The maximum Gasteiger partial charge on any atom is 0.239 e.